The van der Waals surface area contributed by atoms with Gasteiger partial charge in [0.1, 0.15) is 19.0 Å². The molecule has 1 saturated heterocycles. The quantitative estimate of drug-likeness (QED) is 0.253. The average molecular weight is 582 g/mol. The van der Waals surface area contributed by atoms with Crippen molar-refractivity contribution in [2.45, 2.75) is 66.1 Å². The summed E-state index contributed by atoms with van der Waals surface area (Å²) in [6, 6.07) is 10.9. The SMILES string of the molecule is Cc1ncc(-c2ccc(OCCOc3ccc(Cl)cc3)nc2)c(N2CCC(C)(C)CC2)c1[C@H](OC(C)(C)C)C(=O)O. The topological polar surface area (TPSA) is 94.0 Å². The van der Waals surface area contributed by atoms with E-state index < -0.39 is 17.7 Å². The minimum absolute atomic E-state index is 0.227. The van der Waals surface area contributed by atoms with Crippen molar-refractivity contribution in [3.05, 3.63) is 65.1 Å². The minimum atomic E-state index is -1.16. The summed E-state index contributed by atoms with van der Waals surface area (Å²) in [7, 11) is 0. The third kappa shape index (κ3) is 8.11. The third-order valence-electron chi connectivity index (χ3n) is 7.14. The summed E-state index contributed by atoms with van der Waals surface area (Å²) in [5.41, 5.74) is 3.28. The third-order valence-corrected chi connectivity index (χ3v) is 7.39. The number of aromatic nitrogens is 2. The fourth-order valence-electron chi connectivity index (χ4n) is 4.86. The van der Waals surface area contributed by atoms with E-state index >= 15 is 0 Å². The lowest BCUT2D eigenvalue weighted by Gasteiger charge is -2.40. The summed E-state index contributed by atoms with van der Waals surface area (Å²) in [6.45, 7) is 14.3. The van der Waals surface area contributed by atoms with Crippen LogP contribution in [0.25, 0.3) is 11.1 Å². The maximum absolute atomic E-state index is 12.6. The van der Waals surface area contributed by atoms with E-state index in [9.17, 15) is 9.90 Å². The van der Waals surface area contributed by atoms with Crippen LogP contribution in [0.5, 0.6) is 11.6 Å². The van der Waals surface area contributed by atoms with Gasteiger partial charge in [-0.05, 0) is 76.3 Å². The van der Waals surface area contributed by atoms with E-state index in [4.69, 9.17) is 25.8 Å². The molecule has 1 aliphatic heterocycles. The summed E-state index contributed by atoms with van der Waals surface area (Å²) in [5.74, 6) is 0.144. The van der Waals surface area contributed by atoms with Gasteiger partial charge in [-0.25, -0.2) is 9.78 Å². The summed E-state index contributed by atoms with van der Waals surface area (Å²) in [5, 5.41) is 10.9. The molecule has 2 aromatic heterocycles. The molecule has 0 unspecified atom stereocenters. The number of pyridine rings is 2. The van der Waals surface area contributed by atoms with E-state index in [1.165, 1.54) is 0 Å². The molecule has 0 spiro atoms. The van der Waals surface area contributed by atoms with Crippen LogP contribution in [0.2, 0.25) is 5.02 Å². The highest BCUT2D eigenvalue weighted by molar-refractivity contribution is 6.30. The van der Waals surface area contributed by atoms with Crippen molar-refractivity contribution >= 4 is 23.3 Å². The Kier molecular flexibility index (Phi) is 9.44. The van der Waals surface area contributed by atoms with Gasteiger partial charge in [-0.2, -0.15) is 0 Å². The Bertz CT molecular complexity index is 1330. The Morgan fingerprint density at radius 2 is 1.68 bits per heavy atom. The number of piperidine rings is 1. The van der Waals surface area contributed by atoms with E-state index in [1.807, 2.05) is 45.9 Å². The number of carboxylic acids is 1. The first kappa shape index (κ1) is 30.6. The summed E-state index contributed by atoms with van der Waals surface area (Å²) in [4.78, 5) is 24.0. The van der Waals surface area contributed by atoms with E-state index in [0.717, 1.165) is 42.7 Å². The first-order valence-electron chi connectivity index (χ1n) is 14.0. The number of aliphatic carboxylic acids is 1. The van der Waals surface area contributed by atoms with E-state index in [2.05, 4.69) is 28.7 Å². The van der Waals surface area contributed by atoms with Gasteiger partial charge in [0.2, 0.25) is 5.88 Å². The number of anilines is 1. The van der Waals surface area contributed by atoms with Gasteiger partial charge in [0, 0.05) is 59.0 Å². The number of hydrogen-bond acceptors (Lipinski definition) is 7. The second-order valence-electron chi connectivity index (χ2n) is 12.2. The fourth-order valence-corrected chi connectivity index (χ4v) is 4.98. The van der Waals surface area contributed by atoms with Crippen LogP contribution in [0.4, 0.5) is 5.69 Å². The number of benzene rings is 1. The molecule has 0 radical (unpaired) electrons. The summed E-state index contributed by atoms with van der Waals surface area (Å²) < 4.78 is 17.6. The van der Waals surface area contributed by atoms with E-state index in [1.54, 1.807) is 30.6 Å². The van der Waals surface area contributed by atoms with Gasteiger partial charge in [-0.3, -0.25) is 4.98 Å². The number of carbonyl (C=O) groups is 1. The zero-order chi connectivity index (χ0) is 29.8. The summed E-state index contributed by atoms with van der Waals surface area (Å²) >= 11 is 5.92. The van der Waals surface area contributed by atoms with Crippen LogP contribution in [-0.4, -0.2) is 52.9 Å². The molecule has 0 amide bonds. The fraction of sp³-hybridized carbons (Fsp3) is 0.469. The number of nitrogens with zero attached hydrogens (tertiary/aromatic N) is 3. The second-order valence-corrected chi connectivity index (χ2v) is 12.6. The molecule has 3 heterocycles. The number of hydrogen-bond donors (Lipinski definition) is 1. The van der Waals surface area contributed by atoms with Gasteiger partial charge < -0.3 is 24.2 Å². The molecule has 220 valence electrons. The standard InChI is InChI=1S/C32H40ClN3O5/c1-21-27(29(30(37)38)41-31(2,3)4)28(36-15-13-32(5,6)14-16-36)25(20-34-21)22-7-12-26(35-19-22)40-18-17-39-24-10-8-23(33)9-11-24/h7-12,19-20,29H,13-18H2,1-6H3,(H,37,38)/t29-/m0/s1. The molecular formula is C32H40ClN3O5. The van der Waals surface area contributed by atoms with Crippen molar-refractivity contribution in [2.75, 3.05) is 31.2 Å². The Hall–Kier alpha value is -3.36. The molecule has 0 saturated carbocycles. The molecule has 1 aliphatic rings. The number of carboxylic acid groups (broad SMARTS) is 1. The molecule has 8 nitrogen and oxygen atoms in total. The molecule has 3 aromatic rings. The Morgan fingerprint density at radius 1 is 1.02 bits per heavy atom. The maximum Gasteiger partial charge on any atom is 0.337 e. The van der Waals surface area contributed by atoms with E-state index in [0.29, 0.717) is 41.1 Å². The number of halogens is 1. The predicted molar refractivity (Wildman–Crippen MR) is 161 cm³/mol. The van der Waals surface area contributed by atoms with Gasteiger partial charge in [-0.1, -0.05) is 25.4 Å². The average Bonchev–Trinajstić information content (AvgIpc) is 2.91. The minimum Gasteiger partial charge on any atom is -0.490 e. The molecule has 9 heteroatoms. The first-order chi connectivity index (χ1) is 19.3. The highest BCUT2D eigenvalue weighted by Gasteiger charge is 2.35. The monoisotopic (exact) mass is 581 g/mol. The molecule has 4 rings (SSSR count). The van der Waals surface area contributed by atoms with Crippen LogP contribution in [0.3, 0.4) is 0 Å². The number of aryl methyl sites for hydroxylation is 1. The first-order valence-corrected chi connectivity index (χ1v) is 14.3. The predicted octanol–water partition coefficient (Wildman–Crippen LogP) is 7.13. The largest absolute Gasteiger partial charge is 0.490 e. The Balaban J connectivity index is 1.61. The van der Waals surface area contributed by atoms with Crippen LogP contribution in [-0.2, 0) is 9.53 Å². The van der Waals surface area contributed by atoms with E-state index in [-0.39, 0.29) is 5.41 Å². The zero-order valence-electron chi connectivity index (χ0n) is 24.7. The normalized spacial score (nSPS) is 15.8. The van der Waals surface area contributed by atoms with Crippen molar-refractivity contribution < 1.29 is 24.1 Å². The maximum atomic E-state index is 12.6. The molecule has 0 aliphatic carbocycles. The van der Waals surface area contributed by atoms with Crippen LogP contribution in [0, 0.1) is 12.3 Å². The molecule has 1 atom stereocenters. The van der Waals surface area contributed by atoms with Gasteiger partial charge >= 0.3 is 5.97 Å². The molecular weight excluding hydrogens is 542 g/mol. The van der Waals surface area contributed by atoms with Gasteiger partial charge in [0.15, 0.2) is 6.10 Å². The highest BCUT2D eigenvalue weighted by atomic mass is 35.5. The van der Waals surface area contributed by atoms with Crippen molar-refractivity contribution in [1.82, 2.24) is 9.97 Å². The lowest BCUT2D eigenvalue weighted by Crippen LogP contribution is -2.39. The molecule has 0 bridgehead atoms. The van der Waals surface area contributed by atoms with Crippen molar-refractivity contribution in [3.63, 3.8) is 0 Å². The van der Waals surface area contributed by atoms with Crippen molar-refractivity contribution in [1.29, 1.82) is 0 Å². The van der Waals surface area contributed by atoms with Gasteiger partial charge in [0.25, 0.3) is 0 Å². The molecule has 41 heavy (non-hydrogen) atoms. The Morgan fingerprint density at radius 3 is 2.27 bits per heavy atom. The van der Waals surface area contributed by atoms with Crippen molar-refractivity contribution in [2.24, 2.45) is 5.41 Å². The molecule has 1 N–H and O–H groups in total. The summed E-state index contributed by atoms with van der Waals surface area (Å²) in [6.07, 6.45) is 4.37. The van der Waals surface area contributed by atoms with Crippen molar-refractivity contribution in [3.8, 4) is 22.8 Å². The van der Waals surface area contributed by atoms with Crippen LogP contribution < -0.4 is 14.4 Å². The van der Waals surface area contributed by atoms with Gasteiger partial charge in [-0.15, -0.1) is 0 Å². The zero-order valence-corrected chi connectivity index (χ0v) is 25.5. The van der Waals surface area contributed by atoms with Crippen LogP contribution >= 0.6 is 11.6 Å². The number of ether oxygens (including phenoxy) is 3. The molecule has 1 fully saturated rings. The highest BCUT2D eigenvalue weighted by Crippen LogP contribution is 2.43. The van der Waals surface area contributed by atoms with Crippen LogP contribution in [0.15, 0.2) is 48.8 Å². The van der Waals surface area contributed by atoms with Crippen LogP contribution in [0.1, 0.15) is 64.8 Å². The molecule has 1 aromatic carbocycles. The lowest BCUT2D eigenvalue weighted by molar-refractivity contribution is -0.160. The van der Waals surface area contributed by atoms with Gasteiger partial charge in [0.05, 0.1) is 11.3 Å². The Labute approximate surface area is 247 Å². The lowest BCUT2D eigenvalue weighted by atomic mass is 9.82. The number of rotatable bonds is 10. The second kappa shape index (κ2) is 12.7. The smallest absolute Gasteiger partial charge is 0.337 e.